The molecule has 1 saturated carbocycles. The molecule has 1 N–H and O–H groups in total. The molecule has 1 aromatic rings. The van der Waals surface area contributed by atoms with E-state index in [9.17, 15) is 0 Å². The highest BCUT2D eigenvalue weighted by atomic mass is 32.2. The Hall–Kier alpha value is -0.700. The SMILES string of the molecule is CSC1CCC(Nc2ccc(C(C)(C)C)cn2)CC1. The number of nitrogens with zero attached hydrogens (tertiary/aromatic N) is 1. The van der Waals surface area contributed by atoms with Crippen LogP contribution in [0.5, 0.6) is 0 Å². The van der Waals surface area contributed by atoms with Crippen LogP contribution in [0.3, 0.4) is 0 Å². The van der Waals surface area contributed by atoms with Crippen LogP contribution in [0.15, 0.2) is 18.3 Å². The fourth-order valence-electron chi connectivity index (χ4n) is 2.57. The lowest BCUT2D eigenvalue weighted by Crippen LogP contribution is -2.27. The zero-order chi connectivity index (χ0) is 13.9. The lowest BCUT2D eigenvalue weighted by atomic mass is 9.88. The van der Waals surface area contributed by atoms with E-state index in [1.807, 2.05) is 18.0 Å². The molecule has 0 radical (unpaired) electrons. The molecule has 1 aliphatic carbocycles. The molecule has 0 aliphatic heterocycles. The van der Waals surface area contributed by atoms with Crippen LogP contribution >= 0.6 is 11.8 Å². The number of hydrogen-bond donors (Lipinski definition) is 1. The Labute approximate surface area is 121 Å². The monoisotopic (exact) mass is 278 g/mol. The van der Waals surface area contributed by atoms with Crippen LogP contribution < -0.4 is 5.32 Å². The molecular formula is C16H26N2S. The first-order valence-electron chi connectivity index (χ1n) is 7.25. The van der Waals surface area contributed by atoms with Crippen LogP contribution in [-0.2, 0) is 5.41 Å². The number of hydrogen-bond acceptors (Lipinski definition) is 3. The summed E-state index contributed by atoms with van der Waals surface area (Å²) < 4.78 is 0. The van der Waals surface area contributed by atoms with Crippen molar-refractivity contribution in [2.24, 2.45) is 0 Å². The predicted molar refractivity (Wildman–Crippen MR) is 86.1 cm³/mol. The number of nitrogens with one attached hydrogen (secondary N) is 1. The van der Waals surface area contributed by atoms with E-state index in [1.165, 1.54) is 31.2 Å². The number of aromatic nitrogens is 1. The van der Waals surface area contributed by atoms with Crippen molar-refractivity contribution in [3.05, 3.63) is 23.9 Å². The van der Waals surface area contributed by atoms with Gasteiger partial charge in [-0.3, -0.25) is 0 Å². The molecule has 0 bridgehead atoms. The molecule has 2 rings (SSSR count). The number of pyridine rings is 1. The molecule has 1 aliphatic rings. The number of rotatable bonds is 3. The van der Waals surface area contributed by atoms with Crippen molar-refractivity contribution >= 4 is 17.6 Å². The van der Waals surface area contributed by atoms with Gasteiger partial charge in [-0.2, -0.15) is 11.8 Å². The second kappa shape index (κ2) is 6.17. The lowest BCUT2D eigenvalue weighted by molar-refractivity contribution is 0.472. The Kier molecular flexibility index (Phi) is 4.77. The Morgan fingerprint density at radius 2 is 1.84 bits per heavy atom. The summed E-state index contributed by atoms with van der Waals surface area (Å²) in [7, 11) is 0. The van der Waals surface area contributed by atoms with E-state index in [0.29, 0.717) is 6.04 Å². The van der Waals surface area contributed by atoms with E-state index < -0.39 is 0 Å². The first-order chi connectivity index (χ1) is 8.99. The van der Waals surface area contributed by atoms with Crippen molar-refractivity contribution in [2.75, 3.05) is 11.6 Å². The molecule has 1 heterocycles. The molecule has 0 spiro atoms. The van der Waals surface area contributed by atoms with Crippen LogP contribution in [0.1, 0.15) is 52.0 Å². The molecule has 19 heavy (non-hydrogen) atoms. The Bertz CT molecular complexity index is 386. The maximum Gasteiger partial charge on any atom is 0.126 e. The average molecular weight is 278 g/mol. The first kappa shape index (κ1) is 14.7. The third kappa shape index (κ3) is 4.13. The molecule has 0 aromatic carbocycles. The molecule has 1 fully saturated rings. The predicted octanol–water partition coefficient (Wildman–Crippen LogP) is 4.47. The number of thioether (sulfide) groups is 1. The minimum absolute atomic E-state index is 0.182. The van der Waals surface area contributed by atoms with E-state index in [4.69, 9.17) is 0 Å². The lowest BCUT2D eigenvalue weighted by Gasteiger charge is -2.28. The van der Waals surface area contributed by atoms with Crippen LogP contribution in [0.4, 0.5) is 5.82 Å². The maximum atomic E-state index is 4.56. The summed E-state index contributed by atoms with van der Waals surface area (Å²) >= 11 is 2.02. The van der Waals surface area contributed by atoms with Crippen LogP contribution in [0.25, 0.3) is 0 Å². The minimum Gasteiger partial charge on any atom is -0.367 e. The molecule has 0 atom stereocenters. The zero-order valence-corrected chi connectivity index (χ0v) is 13.4. The van der Waals surface area contributed by atoms with Gasteiger partial charge in [0.05, 0.1) is 0 Å². The van der Waals surface area contributed by atoms with E-state index in [2.05, 4.69) is 49.5 Å². The summed E-state index contributed by atoms with van der Waals surface area (Å²) in [5.74, 6) is 1.03. The van der Waals surface area contributed by atoms with Gasteiger partial charge in [0, 0.05) is 17.5 Å². The van der Waals surface area contributed by atoms with Crippen molar-refractivity contribution in [3.63, 3.8) is 0 Å². The van der Waals surface area contributed by atoms with E-state index in [-0.39, 0.29) is 5.41 Å². The normalized spacial score (nSPS) is 24.2. The Morgan fingerprint density at radius 1 is 1.16 bits per heavy atom. The molecule has 1 aromatic heterocycles. The van der Waals surface area contributed by atoms with E-state index in [0.717, 1.165) is 11.1 Å². The standard InChI is InChI=1S/C16H26N2S/c1-16(2,3)12-5-10-15(17-11-12)18-13-6-8-14(19-4)9-7-13/h5,10-11,13-14H,6-9H2,1-4H3,(H,17,18). The van der Waals surface area contributed by atoms with Gasteiger partial charge in [0.15, 0.2) is 0 Å². The van der Waals surface area contributed by atoms with Gasteiger partial charge in [-0.25, -0.2) is 4.98 Å². The smallest absolute Gasteiger partial charge is 0.126 e. The van der Waals surface area contributed by atoms with Crippen molar-refractivity contribution in [2.45, 2.75) is 63.2 Å². The summed E-state index contributed by atoms with van der Waals surface area (Å²) in [6.07, 6.45) is 9.45. The zero-order valence-electron chi connectivity index (χ0n) is 12.6. The van der Waals surface area contributed by atoms with Crippen molar-refractivity contribution < 1.29 is 0 Å². The Balaban J connectivity index is 1.90. The van der Waals surface area contributed by atoms with E-state index >= 15 is 0 Å². The Morgan fingerprint density at radius 3 is 2.32 bits per heavy atom. The fraction of sp³-hybridized carbons (Fsp3) is 0.688. The first-order valence-corrected chi connectivity index (χ1v) is 8.53. The summed E-state index contributed by atoms with van der Waals surface area (Å²) in [5.41, 5.74) is 1.48. The third-order valence-electron chi connectivity index (χ3n) is 3.99. The molecule has 2 nitrogen and oxygen atoms in total. The maximum absolute atomic E-state index is 4.56. The van der Waals surface area contributed by atoms with Gasteiger partial charge in [-0.05, 0) is 49.0 Å². The quantitative estimate of drug-likeness (QED) is 0.883. The molecule has 0 amide bonds. The summed E-state index contributed by atoms with van der Waals surface area (Å²) in [6.45, 7) is 6.67. The van der Waals surface area contributed by atoms with Gasteiger partial charge in [0.2, 0.25) is 0 Å². The van der Waals surface area contributed by atoms with Gasteiger partial charge >= 0.3 is 0 Å². The fourth-order valence-corrected chi connectivity index (χ4v) is 3.32. The topological polar surface area (TPSA) is 24.9 Å². The second-order valence-corrected chi connectivity index (χ2v) is 7.67. The highest BCUT2D eigenvalue weighted by molar-refractivity contribution is 7.99. The molecule has 3 heteroatoms. The van der Waals surface area contributed by atoms with Gasteiger partial charge in [0.25, 0.3) is 0 Å². The van der Waals surface area contributed by atoms with Crippen LogP contribution in [0.2, 0.25) is 0 Å². The van der Waals surface area contributed by atoms with Gasteiger partial charge < -0.3 is 5.32 Å². The molecule has 0 saturated heterocycles. The largest absolute Gasteiger partial charge is 0.367 e. The van der Waals surface area contributed by atoms with E-state index in [1.54, 1.807) is 0 Å². The van der Waals surface area contributed by atoms with Gasteiger partial charge in [0.1, 0.15) is 5.82 Å². The van der Waals surface area contributed by atoms with Crippen molar-refractivity contribution in [3.8, 4) is 0 Å². The van der Waals surface area contributed by atoms with Gasteiger partial charge in [-0.1, -0.05) is 26.8 Å². The minimum atomic E-state index is 0.182. The van der Waals surface area contributed by atoms with Crippen LogP contribution in [0, 0.1) is 0 Å². The summed E-state index contributed by atoms with van der Waals surface area (Å²) in [4.78, 5) is 4.56. The highest BCUT2D eigenvalue weighted by Gasteiger charge is 2.20. The molecule has 106 valence electrons. The summed E-state index contributed by atoms with van der Waals surface area (Å²) in [5, 5.41) is 4.45. The van der Waals surface area contributed by atoms with Crippen LogP contribution in [-0.4, -0.2) is 22.5 Å². The van der Waals surface area contributed by atoms with Crippen molar-refractivity contribution in [1.29, 1.82) is 0 Å². The average Bonchev–Trinajstić information content (AvgIpc) is 2.39. The molecule has 0 unspecified atom stereocenters. The second-order valence-electron chi connectivity index (χ2n) is 6.54. The number of anilines is 1. The van der Waals surface area contributed by atoms with Crippen molar-refractivity contribution in [1.82, 2.24) is 4.98 Å². The van der Waals surface area contributed by atoms with Gasteiger partial charge in [-0.15, -0.1) is 0 Å². The summed E-state index contributed by atoms with van der Waals surface area (Å²) in [6, 6.07) is 4.93. The third-order valence-corrected chi connectivity index (χ3v) is 5.13. The molecular weight excluding hydrogens is 252 g/mol. The highest BCUT2D eigenvalue weighted by Crippen LogP contribution is 2.28.